The molecular formula is C22H25Cl3N2O3. The van der Waals surface area contributed by atoms with Crippen molar-refractivity contribution in [2.45, 2.75) is 39.3 Å². The first-order valence-electron chi connectivity index (χ1n) is 9.72. The zero-order valence-electron chi connectivity index (χ0n) is 17.0. The molecule has 0 aliphatic rings. The van der Waals surface area contributed by atoms with Gasteiger partial charge in [-0.05, 0) is 49.7 Å². The number of hydrogen-bond acceptors (Lipinski definition) is 3. The molecule has 2 amide bonds. The van der Waals surface area contributed by atoms with Crippen LogP contribution in [-0.4, -0.2) is 35.9 Å². The number of carbonyl (C=O) groups excluding carboxylic acids is 2. The van der Waals surface area contributed by atoms with Gasteiger partial charge in [-0.2, -0.15) is 0 Å². The van der Waals surface area contributed by atoms with Gasteiger partial charge in [-0.3, -0.25) is 9.59 Å². The molecule has 0 spiro atoms. The molecule has 2 aromatic carbocycles. The third kappa shape index (κ3) is 7.08. The van der Waals surface area contributed by atoms with Crippen LogP contribution < -0.4 is 10.1 Å². The largest absolute Gasteiger partial charge is 0.484 e. The Morgan fingerprint density at radius 1 is 1.07 bits per heavy atom. The van der Waals surface area contributed by atoms with Gasteiger partial charge in [0.05, 0.1) is 0 Å². The molecule has 0 aliphatic heterocycles. The average Bonchev–Trinajstić information content (AvgIpc) is 2.72. The first-order chi connectivity index (χ1) is 14.3. The van der Waals surface area contributed by atoms with Gasteiger partial charge in [0.1, 0.15) is 11.8 Å². The van der Waals surface area contributed by atoms with Crippen molar-refractivity contribution in [2.24, 2.45) is 0 Å². The van der Waals surface area contributed by atoms with Crippen LogP contribution in [0, 0.1) is 0 Å². The molecule has 2 aromatic rings. The van der Waals surface area contributed by atoms with Crippen molar-refractivity contribution >= 4 is 46.6 Å². The third-order valence-corrected chi connectivity index (χ3v) is 5.52. The number of benzene rings is 2. The predicted molar refractivity (Wildman–Crippen MR) is 121 cm³/mol. The van der Waals surface area contributed by atoms with Crippen molar-refractivity contribution in [2.75, 3.05) is 13.2 Å². The smallest absolute Gasteiger partial charge is 0.261 e. The number of nitrogens with zero attached hydrogens (tertiary/aromatic N) is 1. The van der Waals surface area contributed by atoms with E-state index >= 15 is 0 Å². The molecule has 8 heteroatoms. The molecule has 1 N–H and O–H groups in total. The molecule has 1 atom stereocenters. The number of amides is 2. The van der Waals surface area contributed by atoms with Crippen LogP contribution in [-0.2, 0) is 16.1 Å². The number of nitrogens with one attached hydrogen (secondary N) is 1. The molecule has 5 nitrogen and oxygen atoms in total. The second kappa shape index (κ2) is 12.0. The maximum Gasteiger partial charge on any atom is 0.261 e. The van der Waals surface area contributed by atoms with E-state index < -0.39 is 6.04 Å². The van der Waals surface area contributed by atoms with Crippen LogP contribution >= 0.6 is 34.8 Å². The lowest BCUT2D eigenvalue weighted by Gasteiger charge is -2.29. The van der Waals surface area contributed by atoms with Crippen molar-refractivity contribution < 1.29 is 14.3 Å². The lowest BCUT2D eigenvalue weighted by atomic mass is 10.1. The molecule has 0 saturated heterocycles. The molecule has 0 aliphatic carbocycles. The summed E-state index contributed by atoms with van der Waals surface area (Å²) in [6.45, 7) is 4.11. The fourth-order valence-electron chi connectivity index (χ4n) is 2.73. The Balaban J connectivity index is 2.17. The van der Waals surface area contributed by atoms with Crippen LogP contribution in [0.25, 0.3) is 0 Å². The van der Waals surface area contributed by atoms with Gasteiger partial charge in [0.25, 0.3) is 5.91 Å². The van der Waals surface area contributed by atoms with Gasteiger partial charge in [-0.25, -0.2) is 0 Å². The number of halogens is 3. The Hall–Kier alpha value is -1.95. The van der Waals surface area contributed by atoms with Gasteiger partial charge in [0, 0.05) is 33.7 Å². The molecule has 2 rings (SSSR count). The molecule has 0 aromatic heterocycles. The minimum Gasteiger partial charge on any atom is -0.484 e. The normalized spacial score (nSPS) is 11.6. The highest BCUT2D eigenvalue weighted by Gasteiger charge is 2.27. The van der Waals surface area contributed by atoms with Gasteiger partial charge >= 0.3 is 0 Å². The van der Waals surface area contributed by atoms with Crippen molar-refractivity contribution in [3.63, 3.8) is 0 Å². The van der Waals surface area contributed by atoms with E-state index in [0.717, 1.165) is 12.8 Å². The number of carbonyl (C=O) groups is 2. The Kier molecular flexibility index (Phi) is 9.76. The van der Waals surface area contributed by atoms with Gasteiger partial charge in [-0.1, -0.05) is 54.2 Å². The van der Waals surface area contributed by atoms with Crippen LogP contribution in [0.4, 0.5) is 0 Å². The van der Waals surface area contributed by atoms with Gasteiger partial charge in [0.2, 0.25) is 5.91 Å². The first kappa shape index (κ1) is 24.3. The van der Waals surface area contributed by atoms with E-state index in [1.54, 1.807) is 49.4 Å². The fourth-order valence-corrected chi connectivity index (χ4v) is 3.37. The quantitative estimate of drug-likeness (QED) is 0.475. The highest BCUT2D eigenvalue weighted by atomic mass is 35.5. The molecular weight excluding hydrogens is 447 g/mol. The molecule has 162 valence electrons. The second-order valence-electron chi connectivity index (χ2n) is 6.79. The first-order valence-corrected chi connectivity index (χ1v) is 10.8. The van der Waals surface area contributed by atoms with Crippen molar-refractivity contribution in [1.82, 2.24) is 10.2 Å². The van der Waals surface area contributed by atoms with Crippen molar-refractivity contribution in [3.05, 3.63) is 63.1 Å². The Labute approximate surface area is 192 Å². The second-order valence-corrected chi connectivity index (χ2v) is 8.04. The summed E-state index contributed by atoms with van der Waals surface area (Å²) in [6, 6.07) is 11.1. The Morgan fingerprint density at radius 3 is 2.30 bits per heavy atom. The SMILES string of the molecule is CCCCNC(=O)C(C)N(Cc1c(Cl)cccc1Cl)C(=O)COc1ccc(Cl)cc1. The lowest BCUT2D eigenvalue weighted by Crippen LogP contribution is -2.49. The highest BCUT2D eigenvalue weighted by molar-refractivity contribution is 6.36. The summed E-state index contributed by atoms with van der Waals surface area (Å²) < 4.78 is 5.58. The van der Waals surface area contributed by atoms with E-state index in [1.165, 1.54) is 4.90 Å². The van der Waals surface area contributed by atoms with Gasteiger partial charge < -0.3 is 15.0 Å². The minimum absolute atomic E-state index is 0.0870. The van der Waals surface area contributed by atoms with E-state index in [0.29, 0.717) is 32.9 Å². The Bertz CT molecular complexity index is 839. The summed E-state index contributed by atoms with van der Waals surface area (Å²) in [7, 11) is 0. The summed E-state index contributed by atoms with van der Waals surface area (Å²) in [5.41, 5.74) is 0.578. The molecule has 0 bridgehead atoms. The monoisotopic (exact) mass is 470 g/mol. The van der Waals surface area contributed by atoms with Crippen LogP contribution in [0.1, 0.15) is 32.3 Å². The highest BCUT2D eigenvalue weighted by Crippen LogP contribution is 2.26. The lowest BCUT2D eigenvalue weighted by molar-refractivity contribution is -0.142. The molecule has 0 fully saturated rings. The maximum atomic E-state index is 13.0. The van der Waals surface area contributed by atoms with E-state index in [-0.39, 0.29) is 25.0 Å². The van der Waals surface area contributed by atoms with Crippen LogP contribution in [0.2, 0.25) is 15.1 Å². The fraction of sp³-hybridized carbons (Fsp3) is 0.364. The number of hydrogen-bond donors (Lipinski definition) is 1. The summed E-state index contributed by atoms with van der Waals surface area (Å²) in [4.78, 5) is 27.0. The zero-order chi connectivity index (χ0) is 22.1. The van der Waals surface area contributed by atoms with Crippen LogP contribution in [0.15, 0.2) is 42.5 Å². The third-order valence-electron chi connectivity index (χ3n) is 4.56. The van der Waals surface area contributed by atoms with E-state index in [1.807, 2.05) is 6.92 Å². The topological polar surface area (TPSA) is 58.6 Å². The summed E-state index contributed by atoms with van der Waals surface area (Å²) >= 11 is 18.4. The van der Waals surface area contributed by atoms with E-state index in [9.17, 15) is 9.59 Å². The van der Waals surface area contributed by atoms with Crippen LogP contribution in [0.3, 0.4) is 0 Å². The van der Waals surface area contributed by atoms with Gasteiger partial charge in [-0.15, -0.1) is 0 Å². The van der Waals surface area contributed by atoms with E-state index in [4.69, 9.17) is 39.5 Å². The summed E-state index contributed by atoms with van der Waals surface area (Å²) in [5, 5.41) is 4.29. The predicted octanol–water partition coefficient (Wildman–Crippen LogP) is 5.36. The minimum atomic E-state index is -0.726. The van der Waals surface area contributed by atoms with Crippen LogP contribution in [0.5, 0.6) is 5.75 Å². The number of ether oxygens (including phenoxy) is 1. The molecule has 0 radical (unpaired) electrons. The van der Waals surface area contributed by atoms with Gasteiger partial charge in [0.15, 0.2) is 6.61 Å². The number of rotatable bonds is 10. The molecule has 30 heavy (non-hydrogen) atoms. The molecule has 1 unspecified atom stereocenters. The molecule has 0 heterocycles. The number of unbranched alkanes of at least 4 members (excludes halogenated alkanes) is 1. The average molecular weight is 472 g/mol. The standard InChI is InChI=1S/C22H25Cl3N2O3/c1-3-4-12-26-22(29)15(2)27(13-18-19(24)6-5-7-20(18)25)21(28)14-30-17-10-8-16(23)9-11-17/h5-11,15H,3-4,12-14H2,1-2H3,(H,26,29). The maximum absolute atomic E-state index is 13.0. The zero-order valence-corrected chi connectivity index (χ0v) is 19.2. The van der Waals surface area contributed by atoms with Crippen molar-refractivity contribution in [3.8, 4) is 5.75 Å². The molecule has 0 saturated carbocycles. The Morgan fingerprint density at radius 2 is 1.70 bits per heavy atom. The van der Waals surface area contributed by atoms with Crippen molar-refractivity contribution in [1.29, 1.82) is 0 Å². The van der Waals surface area contributed by atoms with E-state index in [2.05, 4.69) is 5.32 Å². The summed E-state index contributed by atoms with van der Waals surface area (Å²) in [5.74, 6) is -0.103. The summed E-state index contributed by atoms with van der Waals surface area (Å²) in [6.07, 6.45) is 1.82.